The average molecular weight is 443 g/mol. The Balaban J connectivity index is 1.72. The van der Waals surface area contributed by atoms with E-state index in [0.717, 1.165) is 31.4 Å². The van der Waals surface area contributed by atoms with Crippen LogP contribution in [0.25, 0.3) is 0 Å². The van der Waals surface area contributed by atoms with Gasteiger partial charge in [0.25, 0.3) is 0 Å². The maximum absolute atomic E-state index is 11.3. The molecule has 0 bridgehead atoms. The third-order valence-corrected chi connectivity index (χ3v) is 7.59. The second kappa shape index (κ2) is 10.1. The summed E-state index contributed by atoms with van der Waals surface area (Å²) < 4.78 is 24.3. The molecule has 7 heteroatoms. The van der Waals surface area contributed by atoms with Crippen LogP contribution in [-0.2, 0) is 18.9 Å². The lowest BCUT2D eigenvalue weighted by molar-refractivity contribution is -0.318. The number of aliphatic hydroxyl groups excluding tert-OH is 2. The molecule has 2 fully saturated rings. The molecule has 1 aliphatic carbocycles. The van der Waals surface area contributed by atoms with E-state index in [2.05, 4.69) is 33.8 Å². The number of hydrogen-bond donors (Lipinski definition) is 3. The molecule has 11 atom stereocenters. The van der Waals surface area contributed by atoms with Gasteiger partial charge in [-0.3, -0.25) is 0 Å². The third kappa shape index (κ3) is 5.28. The summed E-state index contributed by atoms with van der Waals surface area (Å²) in [6, 6.07) is 0. The topological polar surface area (TPSA) is 97.6 Å². The van der Waals surface area contributed by atoms with E-state index in [4.69, 9.17) is 18.9 Å². The van der Waals surface area contributed by atoms with Gasteiger partial charge in [0.15, 0.2) is 6.29 Å². The molecule has 0 spiro atoms. The van der Waals surface area contributed by atoms with Crippen molar-refractivity contribution in [3.8, 4) is 0 Å². The van der Waals surface area contributed by atoms with Crippen LogP contribution in [0.3, 0.4) is 0 Å². The molecule has 0 aromatic carbocycles. The molecule has 0 radical (unpaired) electrons. The Kier molecular flexibility index (Phi) is 8.09. The van der Waals surface area contributed by atoms with E-state index >= 15 is 0 Å². The highest BCUT2D eigenvalue weighted by molar-refractivity contribution is 4.99. The molecule has 1 saturated carbocycles. The fourth-order valence-electron chi connectivity index (χ4n) is 5.00. The Labute approximate surface area is 186 Å². The number of rotatable bonds is 6. The first kappa shape index (κ1) is 24.9. The Bertz CT molecular complexity index is 621. The molecule has 1 saturated heterocycles. The molecule has 31 heavy (non-hydrogen) atoms. The maximum atomic E-state index is 11.3. The number of aliphatic hydroxyl groups is 3. The van der Waals surface area contributed by atoms with E-state index in [1.54, 1.807) is 13.8 Å². The predicted octanol–water partition coefficient (Wildman–Crippen LogP) is 2.96. The van der Waals surface area contributed by atoms with Gasteiger partial charge in [0, 0.05) is 18.3 Å². The lowest BCUT2D eigenvalue weighted by atomic mass is 9.75. The van der Waals surface area contributed by atoms with Gasteiger partial charge in [-0.05, 0) is 37.7 Å². The Morgan fingerprint density at radius 3 is 2.35 bits per heavy atom. The van der Waals surface area contributed by atoms with Crippen LogP contribution in [0, 0.1) is 23.7 Å². The van der Waals surface area contributed by atoms with Gasteiger partial charge in [0.05, 0.1) is 30.2 Å². The monoisotopic (exact) mass is 442 g/mol. The van der Waals surface area contributed by atoms with Crippen molar-refractivity contribution in [3.05, 3.63) is 11.8 Å². The van der Waals surface area contributed by atoms with Gasteiger partial charge in [0.2, 0.25) is 6.29 Å². The summed E-state index contributed by atoms with van der Waals surface area (Å²) in [6.45, 7) is 11.8. The van der Waals surface area contributed by atoms with E-state index < -0.39 is 48.5 Å². The lowest BCUT2D eigenvalue weighted by Crippen LogP contribution is -2.60. The largest absolute Gasteiger partial charge is 0.469 e. The molecular weight excluding hydrogens is 400 g/mol. The molecule has 11 unspecified atom stereocenters. The molecule has 180 valence electrons. The molecule has 0 amide bonds. The summed E-state index contributed by atoms with van der Waals surface area (Å²) in [5.41, 5.74) is -1.12. The van der Waals surface area contributed by atoms with E-state index in [1.807, 2.05) is 0 Å². The maximum Gasteiger partial charge on any atom is 0.202 e. The summed E-state index contributed by atoms with van der Waals surface area (Å²) in [6.07, 6.45) is 1.46. The van der Waals surface area contributed by atoms with Crippen molar-refractivity contribution in [2.24, 2.45) is 23.7 Å². The van der Waals surface area contributed by atoms with Crippen LogP contribution < -0.4 is 0 Å². The SMILES string of the molecule is CCC1=CCC(C)C(OC2C(CC)CC(C)C(OC3OCC(C)(O)C(C)C3O)C2O)O1. The molecule has 3 aliphatic rings. The molecule has 3 rings (SSSR count). The molecule has 7 nitrogen and oxygen atoms in total. The average Bonchev–Trinajstić information content (AvgIpc) is 2.74. The van der Waals surface area contributed by atoms with E-state index in [0.29, 0.717) is 0 Å². The Morgan fingerprint density at radius 2 is 1.71 bits per heavy atom. The minimum atomic E-state index is -1.12. The van der Waals surface area contributed by atoms with Crippen LogP contribution in [0.2, 0.25) is 0 Å². The van der Waals surface area contributed by atoms with Crippen LogP contribution in [0.5, 0.6) is 0 Å². The van der Waals surface area contributed by atoms with Gasteiger partial charge in [0.1, 0.15) is 12.2 Å². The van der Waals surface area contributed by atoms with Gasteiger partial charge < -0.3 is 34.3 Å². The van der Waals surface area contributed by atoms with E-state index in [1.165, 1.54) is 0 Å². The van der Waals surface area contributed by atoms with Gasteiger partial charge >= 0.3 is 0 Å². The highest BCUT2D eigenvalue weighted by Gasteiger charge is 2.49. The van der Waals surface area contributed by atoms with Crippen LogP contribution in [-0.4, -0.2) is 64.5 Å². The fourth-order valence-corrected chi connectivity index (χ4v) is 5.00. The minimum Gasteiger partial charge on any atom is -0.469 e. The molecule has 2 heterocycles. The van der Waals surface area contributed by atoms with Crippen molar-refractivity contribution in [3.63, 3.8) is 0 Å². The van der Waals surface area contributed by atoms with Crippen molar-refractivity contribution in [2.45, 2.75) is 110 Å². The predicted molar refractivity (Wildman–Crippen MR) is 116 cm³/mol. The zero-order valence-corrected chi connectivity index (χ0v) is 19.9. The molecule has 3 N–H and O–H groups in total. The minimum absolute atomic E-state index is 0.0733. The van der Waals surface area contributed by atoms with Crippen LogP contribution in [0.1, 0.15) is 67.2 Å². The lowest BCUT2D eigenvalue weighted by Gasteiger charge is -2.48. The first-order chi connectivity index (χ1) is 14.6. The van der Waals surface area contributed by atoms with Gasteiger partial charge in [-0.15, -0.1) is 0 Å². The van der Waals surface area contributed by atoms with Crippen LogP contribution in [0.4, 0.5) is 0 Å². The Hall–Kier alpha value is -0.700. The number of allylic oxidation sites excluding steroid dienone is 2. The molecule has 0 aromatic rings. The summed E-state index contributed by atoms with van der Waals surface area (Å²) in [5.74, 6) is 0.985. The van der Waals surface area contributed by atoms with E-state index in [-0.39, 0.29) is 24.4 Å². The smallest absolute Gasteiger partial charge is 0.202 e. The normalized spacial score (nSPS) is 48.7. The molecule has 2 aliphatic heterocycles. The second-order valence-corrected chi connectivity index (χ2v) is 10.1. The summed E-state index contributed by atoms with van der Waals surface area (Å²) >= 11 is 0. The van der Waals surface area contributed by atoms with Crippen molar-refractivity contribution < 1.29 is 34.3 Å². The van der Waals surface area contributed by atoms with Gasteiger partial charge in [-0.2, -0.15) is 0 Å². The molecule has 0 aromatic heterocycles. The van der Waals surface area contributed by atoms with E-state index in [9.17, 15) is 15.3 Å². The van der Waals surface area contributed by atoms with Crippen molar-refractivity contribution in [1.82, 2.24) is 0 Å². The standard InChI is InChI=1S/C24H42O7/c1-7-16-11-14(4)20(30-23-18(25)15(5)24(6,27)12-28-23)19(26)21(16)31-22-13(3)9-10-17(8-2)29-22/h10,13-16,18-23,25-27H,7-9,11-12H2,1-6H3. The number of ether oxygens (including phenoxy) is 4. The van der Waals surface area contributed by atoms with Crippen LogP contribution >= 0.6 is 0 Å². The van der Waals surface area contributed by atoms with Crippen molar-refractivity contribution in [1.29, 1.82) is 0 Å². The highest BCUT2D eigenvalue weighted by atomic mass is 16.7. The van der Waals surface area contributed by atoms with Gasteiger partial charge in [-0.25, -0.2) is 0 Å². The van der Waals surface area contributed by atoms with Crippen molar-refractivity contribution in [2.75, 3.05) is 6.61 Å². The highest BCUT2D eigenvalue weighted by Crippen LogP contribution is 2.40. The van der Waals surface area contributed by atoms with Gasteiger partial charge in [-0.1, -0.05) is 41.0 Å². The molecular formula is C24H42O7. The first-order valence-electron chi connectivity index (χ1n) is 12.0. The summed E-state index contributed by atoms with van der Waals surface area (Å²) in [5, 5.41) is 32.3. The Morgan fingerprint density at radius 1 is 1.03 bits per heavy atom. The quantitative estimate of drug-likeness (QED) is 0.582. The summed E-state index contributed by atoms with van der Waals surface area (Å²) in [7, 11) is 0. The third-order valence-electron chi connectivity index (χ3n) is 7.59. The first-order valence-corrected chi connectivity index (χ1v) is 12.0. The zero-order valence-electron chi connectivity index (χ0n) is 19.9. The van der Waals surface area contributed by atoms with Crippen LogP contribution in [0.15, 0.2) is 11.8 Å². The zero-order chi connectivity index (χ0) is 22.9. The fraction of sp³-hybridized carbons (Fsp3) is 0.917. The second-order valence-electron chi connectivity index (χ2n) is 10.1. The summed E-state index contributed by atoms with van der Waals surface area (Å²) in [4.78, 5) is 0. The van der Waals surface area contributed by atoms with Crippen molar-refractivity contribution >= 4 is 0 Å². The number of hydrogen-bond acceptors (Lipinski definition) is 7.